The number of hydrogen-bond donors (Lipinski definition) is 1. The average molecular weight is 237 g/mol. The van der Waals surface area contributed by atoms with Crippen molar-refractivity contribution in [1.82, 2.24) is 4.98 Å². The zero-order chi connectivity index (χ0) is 11.0. The van der Waals surface area contributed by atoms with E-state index in [1.807, 2.05) is 31.2 Å². The van der Waals surface area contributed by atoms with E-state index in [0.29, 0.717) is 10.0 Å². The second-order valence-electron chi connectivity index (χ2n) is 3.34. The van der Waals surface area contributed by atoms with E-state index in [1.54, 1.807) is 0 Å². The first-order valence-electron chi connectivity index (χ1n) is 4.44. The lowest BCUT2D eigenvalue weighted by Crippen LogP contribution is -2.10. The molecule has 2 rings (SSSR count). The number of nitrogens with zero attached hydrogens (tertiary/aromatic N) is 1. The molecular weight excluding hydrogens is 228 g/mol. The summed E-state index contributed by atoms with van der Waals surface area (Å²) in [6, 6.07) is 7.39. The van der Waals surface area contributed by atoms with E-state index >= 15 is 0 Å². The van der Waals surface area contributed by atoms with Gasteiger partial charge in [-0.25, -0.2) is 0 Å². The molecule has 0 aliphatic rings. The Morgan fingerprint density at radius 1 is 1.40 bits per heavy atom. The molecule has 76 valence electrons. The van der Waals surface area contributed by atoms with Gasteiger partial charge in [0.1, 0.15) is 4.99 Å². The summed E-state index contributed by atoms with van der Waals surface area (Å²) in [5, 5.41) is 1.60. The van der Waals surface area contributed by atoms with Crippen molar-refractivity contribution in [1.29, 1.82) is 0 Å². The normalized spacial score (nSPS) is 10.5. The third-order valence-corrected chi connectivity index (χ3v) is 2.62. The van der Waals surface area contributed by atoms with Crippen LogP contribution in [0.4, 0.5) is 0 Å². The fourth-order valence-electron chi connectivity index (χ4n) is 1.54. The van der Waals surface area contributed by atoms with Crippen molar-refractivity contribution in [3.05, 3.63) is 40.5 Å². The predicted octanol–water partition coefficient (Wildman–Crippen LogP) is 2.83. The lowest BCUT2D eigenvalue weighted by Gasteiger charge is -2.06. The highest BCUT2D eigenvalue weighted by molar-refractivity contribution is 7.80. The summed E-state index contributed by atoms with van der Waals surface area (Å²) in [4.78, 5) is 4.76. The van der Waals surface area contributed by atoms with Crippen molar-refractivity contribution in [2.24, 2.45) is 5.73 Å². The summed E-state index contributed by atoms with van der Waals surface area (Å²) >= 11 is 10.9. The Kier molecular flexibility index (Phi) is 2.59. The highest BCUT2D eigenvalue weighted by atomic mass is 35.5. The molecule has 0 amide bonds. The van der Waals surface area contributed by atoms with Gasteiger partial charge in [0, 0.05) is 21.7 Å². The lowest BCUT2D eigenvalue weighted by atomic mass is 10.1. The second kappa shape index (κ2) is 3.76. The molecular formula is C11H9ClN2S. The fourth-order valence-corrected chi connectivity index (χ4v) is 1.87. The van der Waals surface area contributed by atoms with Crippen LogP contribution in [0, 0.1) is 6.92 Å². The number of aryl methyl sites for hydroxylation is 1. The minimum Gasteiger partial charge on any atom is -0.389 e. The number of rotatable bonds is 1. The molecule has 0 unspecified atom stereocenters. The molecule has 2 N–H and O–H groups in total. The number of aromatic nitrogens is 1. The van der Waals surface area contributed by atoms with E-state index in [0.717, 1.165) is 22.2 Å². The van der Waals surface area contributed by atoms with Gasteiger partial charge in [-0.3, -0.25) is 4.98 Å². The first-order chi connectivity index (χ1) is 7.08. The molecule has 1 heterocycles. The first kappa shape index (κ1) is 10.3. The lowest BCUT2D eigenvalue weighted by molar-refractivity contribution is 1.25. The third kappa shape index (κ3) is 1.94. The Hall–Kier alpha value is -1.19. The minimum absolute atomic E-state index is 0.382. The van der Waals surface area contributed by atoms with Gasteiger partial charge in [-0.15, -0.1) is 0 Å². The van der Waals surface area contributed by atoms with E-state index in [2.05, 4.69) is 4.98 Å². The van der Waals surface area contributed by atoms with Gasteiger partial charge in [0.15, 0.2) is 0 Å². The van der Waals surface area contributed by atoms with Crippen LogP contribution in [-0.2, 0) is 0 Å². The molecule has 0 saturated carbocycles. The average Bonchev–Trinajstić information content (AvgIpc) is 2.15. The van der Waals surface area contributed by atoms with Crippen LogP contribution in [0.2, 0.25) is 5.02 Å². The van der Waals surface area contributed by atoms with Crippen molar-refractivity contribution in [3.63, 3.8) is 0 Å². The van der Waals surface area contributed by atoms with Crippen LogP contribution >= 0.6 is 23.8 Å². The van der Waals surface area contributed by atoms with Crippen LogP contribution in [0.3, 0.4) is 0 Å². The molecule has 0 aliphatic carbocycles. The second-order valence-corrected chi connectivity index (χ2v) is 4.21. The summed E-state index contributed by atoms with van der Waals surface area (Å²) in [5.41, 5.74) is 8.21. The summed E-state index contributed by atoms with van der Waals surface area (Å²) < 4.78 is 0. The van der Waals surface area contributed by atoms with E-state index < -0.39 is 0 Å². The predicted molar refractivity (Wildman–Crippen MR) is 67.4 cm³/mol. The zero-order valence-corrected chi connectivity index (χ0v) is 9.69. The maximum Gasteiger partial charge on any atom is 0.104 e. The van der Waals surface area contributed by atoms with Crippen LogP contribution < -0.4 is 5.73 Å². The Balaban J connectivity index is 2.86. The maximum absolute atomic E-state index is 5.90. The van der Waals surface area contributed by atoms with Gasteiger partial charge in [0.2, 0.25) is 0 Å². The summed E-state index contributed by atoms with van der Waals surface area (Å²) in [7, 11) is 0. The Bertz CT molecular complexity index is 546. The van der Waals surface area contributed by atoms with Crippen molar-refractivity contribution in [2.75, 3.05) is 0 Å². The minimum atomic E-state index is 0.382. The number of hydrogen-bond acceptors (Lipinski definition) is 2. The Morgan fingerprint density at radius 2 is 2.13 bits per heavy atom. The van der Waals surface area contributed by atoms with E-state index in [9.17, 15) is 0 Å². The molecule has 1 aromatic carbocycles. The smallest absolute Gasteiger partial charge is 0.104 e. The molecule has 0 bridgehead atoms. The third-order valence-electron chi connectivity index (χ3n) is 2.17. The molecule has 4 heteroatoms. The van der Waals surface area contributed by atoms with E-state index in [4.69, 9.17) is 29.6 Å². The van der Waals surface area contributed by atoms with Gasteiger partial charge >= 0.3 is 0 Å². The molecule has 0 saturated heterocycles. The van der Waals surface area contributed by atoms with Crippen molar-refractivity contribution in [3.8, 4) is 0 Å². The number of benzene rings is 1. The topological polar surface area (TPSA) is 38.9 Å². The van der Waals surface area contributed by atoms with Crippen LogP contribution in [0.15, 0.2) is 24.3 Å². The molecule has 15 heavy (non-hydrogen) atoms. The van der Waals surface area contributed by atoms with Crippen LogP contribution in [0.25, 0.3) is 10.9 Å². The summed E-state index contributed by atoms with van der Waals surface area (Å²) in [5.74, 6) is 0. The molecule has 2 aromatic rings. The summed E-state index contributed by atoms with van der Waals surface area (Å²) in [6.45, 7) is 1.90. The number of thiocarbonyl (C=S) groups is 1. The molecule has 2 nitrogen and oxygen atoms in total. The largest absolute Gasteiger partial charge is 0.389 e. The summed E-state index contributed by atoms with van der Waals surface area (Å²) in [6.07, 6.45) is 0. The standard InChI is InChI=1S/C11H9ClN2S/c1-6-4-9(11(13)15)8-3-2-7(12)5-10(8)14-6/h2-5H,1H3,(H2,13,15). The Morgan fingerprint density at radius 3 is 2.80 bits per heavy atom. The van der Waals surface area contributed by atoms with Crippen LogP contribution in [0.5, 0.6) is 0 Å². The van der Waals surface area contributed by atoms with Crippen LogP contribution in [-0.4, -0.2) is 9.97 Å². The monoisotopic (exact) mass is 236 g/mol. The fraction of sp³-hybridized carbons (Fsp3) is 0.0909. The van der Waals surface area contributed by atoms with E-state index in [1.165, 1.54) is 0 Å². The molecule has 0 spiro atoms. The van der Waals surface area contributed by atoms with Crippen molar-refractivity contribution < 1.29 is 0 Å². The van der Waals surface area contributed by atoms with Crippen molar-refractivity contribution in [2.45, 2.75) is 6.92 Å². The number of nitrogens with two attached hydrogens (primary N) is 1. The molecule has 1 aromatic heterocycles. The first-order valence-corrected chi connectivity index (χ1v) is 5.23. The van der Waals surface area contributed by atoms with Gasteiger partial charge in [0.25, 0.3) is 0 Å². The molecule has 0 fully saturated rings. The highest BCUT2D eigenvalue weighted by Crippen LogP contribution is 2.21. The van der Waals surface area contributed by atoms with Crippen LogP contribution in [0.1, 0.15) is 11.3 Å². The number of halogens is 1. The number of pyridine rings is 1. The van der Waals surface area contributed by atoms with E-state index in [-0.39, 0.29) is 0 Å². The highest BCUT2D eigenvalue weighted by Gasteiger charge is 2.06. The Labute approximate surface area is 98.1 Å². The van der Waals surface area contributed by atoms with Gasteiger partial charge in [0.05, 0.1) is 5.52 Å². The van der Waals surface area contributed by atoms with Gasteiger partial charge in [-0.2, -0.15) is 0 Å². The maximum atomic E-state index is 5.90. The van der Waals surface area contributed by atoms with Gasteiger partial charge in [-0.05, 0) is 25.1 Å². The zero-order valence-electron chi connectivity index (χ0n) is 8.12. The quantitative estimate of drug-likeness (QED) is 0.774. The molecule has 0 atom stereocenters. The molecule has 0 radical (unpaired) electrons. The molecule has 0 aliphatic heterocycles. The SMILES string of the molecule is Cc1cc(C(N)=S)c2ccc(Cl)cc2n1. The van der Waals surface area contributed by atoms with Gasteiger partial charge < -0.3 is 5.73 Å². The van der Waals surface area contributed by atoms with Gasteiger partial charge in [-0.1, -0.05) is 29.9 Å². The van der Waals surface area contributed by atoms with Crippen molar-refractivity contribution >= 4 is 39.7 Å². The number of fused-ring (bicyclic) bond motifs is 1.